The van der Waals surface area contributed by atoms with E-state index in [-0.39, 0.29) is 7.12 Å². The van der Waals surface area contributed by atoms with Gasteiger partial charge in [0.25, 0.3) is 0 Å². The Balaban J connectivity index is 1.81. The number of hydrogen-bond donors (Lipinski definition) is 2. The summed E-state index contributed by atoms with van der Waals surface area (Å²) in [7, 11) is -0.226. The van der Waals surface area contributed by atoms with E-state index in [1.807, 2.05) is 0 Å². The number of aromatic nitrogens is 4. The summed E-state index contributed by atoms with van der Waals surface area (Å²) in [6.07, 6.45) is 9.40. The highest BCUT2D eigenvalue weighted by molar-refractivity contribution is 6.52. The molecule has 0 unspecified atom stereocenters. The molecule has 0 saturated carbocycles. The summed E-state index contributed by atoms with van der Waals surface area (Å²) in [6.45, 7) is 4.22. The second kappa shape index (κ2) is 5.80. The summed E-state index contributed by atoms with van der Waals surface area (Å²) < 4.78 is 4.15. The van der Waals surface area contributed by atoms with E-state index in [1.165, 1.54) is 48.2 Å². The standard InChI is InChI=1S/C16H25BN6/c1-11-13-7-3-5-9-15(13)22(19-11)17(21-18)23-16-10-6-4-8-14(16)12(2)20-23/h21H,3-10,18H2,1-2H3/q-1. The Bertz CT molecular complexity index is 671. The molecule has 0 aromatic carbocycles. The molecule has 4 rings (SSSR count). The first-order chi connectivity index (χ1) is 11.2. The number of rotatable bonds is 3. The van der Waals surface area contributed by atoms with Crippen LogP contribution in [0.15, 0.2) is 0 Å². The third kappa shape index (κ3) is 2.34. The molecule has 23 heavy (non-hydrogen) atoms. The average Bonchev–Trinajstić information content (AvgIpc) is 3.09. The minimum atomic E-state index is -0.226. The molecule has 2 aliphatic carbocycles. The molecule has 0 amide bonds. The summed E-state index contributed by atoms with van der Waals surface area (Å²) in [5, 5.41) is 12.6. The zero-order chi connectivity index (χ0) is 16.0. The Morgan fingerprint density at radius 1 is 0.826 bits per heavy atom. The van der Waals surface area contributed by atoms with Gasteiger partial charge in [-0.25, -0.2) is 10.2 Å². The van der Waals surface area contributed by atoms with Crippen LogP contribution in [0, 0.1) is 13.8 Å². The van der Waals surface area contributed by atoms with Gasteiger partial charge in [0.1, 0.15) is 0 Å². The Labute approximate surface area is 137 Å². The van der Waals surface area contributed by atoms with Crippen LogP contribution in [0.25, 0.3) is 0 Å². The Morgan fingerprint density at radius 2 is 1.26 bits per heavy atom. The summed E-state index contributed by atoms with van der Waals surface area (Å²) in [5.41, 5.74) is 7.75. The predicted molar refractivity (Wildman–Crippen MR) is 91.1 cm³/mol. The van der Waals surface area contributed by atoms with Crippen LogP contribution in [0.3, 0.4) is 0 Å². The van der Waals surface area contributed by atoms with Crippen LogP contribution >= 0.6 is 0 Å². The van der Waals surface area contributed by atoms with Crippen molar-refractivity contribution in [3.8, 4) is 0 Å². The monoisotopic (exact) mass is 312 g/mol. The van der Waals surface area contributed by atoms with Crippen LogP contribution in [0.4, 0.5) is 0 Å². The number of hydrazine groups is 1. The number of fused-ring (bicyclic) bond motifs is 2. The van der Waals surface area contributed by atoms with E-state index in [2.05, 4.69) is 28.4 Å². The first kappa shape index (κ1) is 15.0. The maximum Gasteiger partial charge on any atom is 0.219 e. The minimum absolute atomic E-state index is 0.226. The van der Waals surface area contributed by atoms with Gasteiger partial charge in [-0.2, -0.15) is 0 Å². The highest BCUT2D eigenvalue weighted by Crippen LogP contribution is 2.27. The summed E-state index contributed by atoms with van der Waals surface area (Å²) >= 11 is 0. The molecule has 0 spiro atoms. The molecule has 0 bridgehead atoms. The van der Waals surface area contributed by atoms with Crippen molar-refractivity contribution in [2.24, 2.45) is 5.84 Å². The van der Waals surface area contributed by atoms with Gasteiger partial charge in [-0.3, -0.25) is 0 Å². The normalized spacial score (nSPS) is 17.4. The van der Waals surface area contributed by atoms with Crippen LogP contribution < -0.4 is 11.2 Å². The van der Waals surface area contributed by atoms with Crippen LogP contribution in [-0.4, -0.2) is 26.5 Å². The van der Waals surface area contributed by atoms with Gasteiger partial charge in [0, 0.05) is 0 Å². The summed E-state index contributed by atoms with van der Waals surface area (Å²) in [4.78, 5) is 0. The molecular weight excluding hydrogens is 287 g/mol. The van der Waals surface area contributed by atoms with Crippen molar-refractivity contribution in [3.63, 3.8) is 0 Å². The molecule has 7 heteroatoms. The summed E-state index contributed by atoms with van der Waals surface area (Å²) in [5.74, 6) is 5.95. The molecule has 0 atom stereocenters. The second-order valence-electron chi connectivity index (χ2n) is 6.87. The Kier molecular flexibility index (Phi) is 3.77. The lowest BCUT2D eigenvalue weighted by atomic mass is 9.88. The quantitative estimate of drug-likeness (QED) is 0.509. The van der Waals surface area contributed by atoms with Gasteiger partial charge in [-0.05, 0) is 87.7 Å². The molecule has 3 N–H and O–H groups in total. The van der Waals surface area contributed by atoms with E-state index in [1.54, 1.807) is 0 Å². The predicted octanol–water partition coefficient (Wildman–Crippen LogP) is 1.30. The van der Waals surface area contributed by atoms with Gasteiger partial charge in [0.2, 0.25) is 7.12 Å². The first-order valence-electron chi connectivity index (χ1n) is 8.80. The third-order valence-electron chi connectivity index (χ3n) is 5.43. The first-order valence-corrected chi connectivity index (χ1v) is 8.80. The molecule has 123 valence electrons. The molecule has 0 aliphatic heterocycles. The van der Waals surface area contributed by atoms with E-state index in [9.17, 15) is 0 Å². The molecular formula is C16H25BN6-. The molecule has 0 fully saturated rings. The average molecular weight is 312 g/mol. The maximum absolute atomic E-state index is 5.95. The molecule has 0 saturated heterocycles. The fourth-order valence-corrected chi connectivity index (χ4v) is 4.28. The number of hydrogen-bond acceptors (Lipinski definition) is 4. The van der Waals surface area contributed by atoms with Crippen LogP contribution in [-0.2, 0) is 25.7 Å². The number of nitrogens with two attached hydrogens (primary N) is 1. The van der Waals surface area contributed by atoms with Crippen LogP contribution in [0.2, 0.25) is 0 Å². The smallest absolute Gasteiger partial charge is 0.219 e. The molecule has 6 nitrogen and oxygen atoms in total. The molecule has 2 heterocycles. The fourth-order valence-electron chi connectivity index (χ4n) is 4.28. The van der Waals surface area contributed by atoms with Crippen molar-refractivity contribution in [2.75, 3.05) is 0 Å². The van der Waals surface area contributed by atoms with E-state index in [0.29, 0.717) is 0 Å². The Hall–Kier alpha value is -1.60. The molecule has 2 aliphatic rings. The van der Waals surface area contributed by atoms with Gasteiger partial charge in [-0.1, -0.05) is 0 Å². The summed E-state index contributed by atoms with van der Waals surface area (Å²) in [6, 6.07) is 0. The number of nitrogens with one attached hydrogen (secondary N) is 1. The lowest BCUT2D eigenvalue weighted by molar-refractivity contribution is 0.637. The minimum Gasteiger partial charge on any atom is -0.429 e. The van der Waals surface area contributed by atoms with Crippen LogP contribution in [0.1, 0.15) is 59.6 Å². The largest absolute Gasteiger partial charge is 0.429 e. The van der Waals surface area contributed by atoms with Crippen molar-refractivity contribution >= 4 is 7.12 Å². The SMILES string of the molecule is Cc1nn([B-](NN)n2nc(C)c3c2CCCC3)c2c1CCCC2. The van der Waals surface area contributed by atoms with Crippen LogP contribution in [0.5, 0.6) is 0 Å². The number of nitrogens with zero attached hydrogens (tertiary/aromatic N) is 4. The second-order valence-corrected chi connectivity index (χ2v) is 6.87. The van der Waals surface area contributed by atoms with Gasteiger partial charge in [0.05, 0.1) is 11.4 Å². The zero-order valence-electron chi connectivity index (χ0n) is 14.1. The van der Waals surface area contributed by atoms with Gasteiger partial charge in [-0.15, -0.1) is 0 Å². The van der Waals surface area contributed by atoms with Crippen molar-refractivity contribution in [1.29, 1.82) is 0 Å². The van der Waals surface area contributed by atoms with Crippen molar-refractivity contribution < 1.29 is 0 Å². The van der Waals surface area contributed by atoms with Gasteiger partial charge in [0.15, 0.2) is 0 Å². The van der Waals surface area contributed by atoms with E-state index < -0.39 is 0 Å². The van der Waals surface area contributed by atoms with E-state index in [4.69, 9.17) is 16.0 Å². The molecule has 1 radical (unpaired) electrons. The fraction of sp³-hybridized carbons (Fsp3) is 0.625. The molecule has 2 aromatic heterocycles. The zero-order valence-corrected chi connectivity index (χ0v) is 14.1. The van der Waals surface area contributed by atoms with Gasteiger partial charge < -0.3 is 20.4 Å². The number of aryl methyl sites for hydroxylation is 2. The lowest BCUT2D eigenvalue weighted by Gasteiger charge is -2.33. The molecule has 2 aromatic rings. The lowest BCUT2D eigenvalue weighted by Crippen LogP contribution is -2.54. The third-order valence-corrected chi connectivity index (χ3v) is 5.43. The topological polar surface area (TPSA) is 73.7 Å². The van der Waals surface area contributed by atoms with Gasteiger partial charge >= 0.3 is 0 Å². The highest BCUT2D eigenvalue weighted by Gasteiger charge is 2.23. The van der Waals surface area contributed by atoms with Crippen molar-refractivity contribution in [3.05, 3.63) is 33.9 Å². The van der Waals surface area contributed by atoms with E-state index in [0.717, 1.165) is 37.1 Å². The van der Waals surface area contributed by atoms with E-state index >= 15 is 0 Å². The Morgan fingerprint density at radius 3 is 1.70 bits per heavy atom. The van der Waals surface area contributed by atoms with Crippen molar-refractivity contribution in [2.45, 2.75) is 65.2 Å². The van der Waals surface area contributed by atoms with Crippen molar-refractivity contribution in [1.82, 2.24) is 24.7 Å². The highest BCUT2D eigenvalue weighted by atomic mass is 15.4. The maximum atomic E-state index is 5.95.